The maximum Gasteiger partial charge on any atom is 0.514 e. The SMILES string of the molecule is CCOC(=O)C(COC(=O)Oc1c(F)cc(NC(=O)c2ccccc2-c2ccc(C(F)(F)F)c(F)c2)c(C(=O)N(C)C)c1F)(C(=O)OCC)c1cccs1. The molecule has 286 valence electrons. The van der Waals surface area contributed by atoms with E-state index in [9.17, 15) is 41.5 Å². The quantitative estimate of drug-likeness (QED) is 0.0513. The van der Waals surface area contributed by atoms with E-state index in [4.69, 9.17) is 18.9 Å². The highest BCUT2D eigenvalue weighted by atomic mass is 32.1. The summed E-state index contributed by atoms with van der Waals surface area (Å²) in [7, 11) is 2.38. The molecule has 0 fully saturated rings. The van der Waals surface area contributed by atoms with Crippen LogP contribution in [0.4, 0.5) is 36.8 Å². The highest BCUT2D eigenvalue weighted by molar-refractivity contribution is 7.10. The van der Waals surface area contributed by atoms with Gasteiger partial charge in [0.2, 0.25) is 11.2 Å². The monoisotopic (exact) mass is 780 g/mol. The predicted molar refractivity (Wildman–Crippen MR) is 180 cm³/mol. The van der Waals surface area contributed by atoms with Gasteiger partial charge in [0, 0.05) is 30.6 Å². The lowest BCUT2D eigenvalue weighted by Gasteiger charge is -2.27. The molecule has 54 heavy (non-hydrogen) atoms. The van der Waals surface area contributed by atoms with Crippen molar-refractivity contribution in [2.24, 2.45) is 0 Å². The molecule has 11 nitrogen and oxygen atoms in total. The van der Waals surface area contributed by atoms with Crippen LogP contribution in [0.3, 0.4) is 0 Å². The number of hydrogen-bond acceptors (Lipinski definition) is 10. The minimum atomic E-state index is -4.99. The second-order valence-corrected chi connectivity index (χ2v) is 12.2. The zero-order chi connectivity index (χ0) is 40.0. The van der Waals surface area contributed by atoms with Gasteiger partial charge in [-0.25, -0.2) is 18.0 Å². The van der Waals surface area contributed by atoms with Crippen LogP contribution in [0.5, 0.6) is 5.75 Å². The fourth-order valence-corrected chi connectivity index (χ4v) is 5.93. The fourth-order valence-electron chi connectivity index (χ4n) is 5.04. The lowest BCUT2D eigenvalue weighted by atomic mass is 9.87. The largest absolute Gasteiger partial charge is 0.514 e. The molecule has 0 unspecified atom stereocenters. The first-order valence-electron chi connectivity index (χ1n) is 15.7. The predicted octanol–water partition coefficient (Wildman–Crippen LogP) is 7.38. The average molecular weight is 781 g/mol. The van der Waals surface area contributed by atoms with Crippen molar-refractivity contribution in [1.82, 2.24) is 4.90 Å². The van der Waals surface area contributed by atoms with Gasteiger partial charge in [-0.15, -0.1) is 11.3 Å². The number of carbonyl (C=O) groups is 5. The Hall–Kier alpha value is -5.91. The van der Waals surface area contributed by atoms with Crippen LogP contribution in [0.25, 0.3) is 11.1 Å². The molecule has 3 aromatic carbocycles. The second kappa shape index (κ2) is 16.8. The number of nitrogens with one attached hydrogen (secondary N) is 1. The smallest absolute Gasteiger partial charge is 0.465 e. The average Bonchev–Trinajstić information content (AvgIpc) is 3.65. The molecule has 4 aromatic rings. The first-order valence-corrected chi connectivity index (χ1v) is 16.6. The molecule has 1 heterocycles. The lowest BCUT2D eigenvalue weighted by Crippen LogP contribution is -2.50. The zero-order valence-corrected chi connectivity index (χ0v) is 29.6. The van der Waals surface area contributed by atoms with Crippen molar-refractivity contribution in [3.05, 3.63) is 105 Å². The Labute approximate surface area is 307 Å². The van der Waals surface area contributed by atoms with Gasteiger partial charge in [0.05, 0.1) is 24.5 Å². The molecule has 2 amide bonds. The van der Waals surface area contributed by atoms with Crippen LogP contribution in [0.2, 0.25) is 0 Å². The van der Waals surface area contributed by atoms with Crippen LogP contribution in [0.1, 0.15) is 45.0 Å². The van der Waals surface area contributed by atoms with Crippen LogP contribution in [0, 0.1) is 17.5 Å². The van der Waals surface area contributed by atoms with E-state index in [-0.39, 0.29) is 34.8 Å². The Bertz CT molecular complexity index is 2050. The lowest BCUT2D eigenvalue weighted by molar-refractivity contribution is -0.167. The van der Waals surface area contributed by atoms with E-state index >= 15 is 8.78 Å². The van der Waals surface area contributed by atoms with E-state index in [0.29, 0.717) is 18.2 Å². The first-order chi connectivity index (χ1) is 25.5. The van der Waals surface area contributed by atoms with E-state index in [1.165, 1.54) is 69.7 Å². The van der Waals surface area contributed by atoms with Gasteiger partial charge in [-0.2, -0.15) is 13.2 Å². The number of ether oxygens (including phenoxy) is 4. The molecule has 0 spiro atoms. The van der Waals surface area contributed by atoms with Gasteiger partial charge in [-0.3, -0.25) is 19.2 Å². The molecule has 0 bridgehead atoms. The van der Waals surface area contributed by atoms with Crippen LogP contribution in [-0.4, -0.2) is 68.7 Å². The second-order valence-electron chi connectivity index (χ2n) is 11.3. The summed E-state index contributed by atoms with van der Waals surface area (Å²) in [4.78, 5) is 66.7. The van der Waals surface area contributed by atoms with Gasteiger partial charge in [0.15, 0.2) is 11.6 Å². The van der Waals surface area contributed by atoms with Gasteiger partial charge >= 0.3 is 24.3 Å². The number of halogens is 6. The summed E-state index contributed by atoms with van der Waals surface area (Å²) in [6, 6.07) is 10.5. The Balaban J connectivity index is 1.68. The molecule has 0 aliphatic heterocycles. The van der Waals surface area contributed by atoms with Gasteiger partial charge in [-0.05, 0) is 54.6 Å². The minimum absolute atomic E-state index is 0.0496. The Morgan fingerprint density at radius 2 is 1.46 bits per heavy atom. The van der Waals surface area contributed by atoms with Crippen molar-refractivity contribution >= 4 is 46.9 Å². The molecule has 18 heteroatoms. The van der Waals surface area contributed by atoms with E-state index in [2.05, 4.69) is 5.32 Å². The Morgan fingerprint density at radius 3 is 2.02 bits per heavy atom. The fraction of sp³-hybridized carbons (Fsp3) is 0.250. The van der Waals surface area contributed by atoms with E-state index in [1.807, 2.05) is 0 Å². The molecule has 0 saturated carbocycles. The molecule has 1 N–H and O–H groups in total. The number of alkyl halides is 3. The van der Waals surface area contributed by atoms with Crippen molar-refractivity contribution < 1.29 is 69.3 Å². The molecular formula is C36H30F6N2O9S. The molecule has 4 rings (SSSR count). The highest BCUT2D eigenvalue weighted by Gasteiger charge is 2.53. The van der Waals surface area contributed by atoms with E-state index in [1.54, 1.807) is 0 Å². The Kier molecular flexibility index (Phi) is 12.7. The molecule has 0 saturated heterocycles. The highest BCUT2D eigenvalue weighted by Crippen LogP contribution is 2.37. The molecule has 0 aliphatic rings. The summed E-state index contributed by atoms with van der Waals surface area (Å²) in [5, 5.41) is 3.70. The zero-order valence-electron chi connectivity index (χ0n) is 28.8. The maximum atomic E-state index is 16.0. The summed E-state index contributed by atoms with van der Waals surface area (Å²) in [5.41, 5.74) is -6.16. The van der Waals surface area contributed by atoms with Gasteiger partial charge in [-0.1, -0.05) is 30.3 Å². The number of carbonyl (C=O) groups excluding carboxylic acids is 5. The number of rotatable bonds is 12. The van der Waals surface area contributed by atoms with Crippen molar-refractivity contribution in [3.8, 4) is 16.9 Å². The van der Waals surface area contributed by atoms with Crippen molar-refractivity contribution in [1.29, 1.82) is 0 Å². The number of esters is 2. The minimum Gasteiger partial charge on any atom is -0.465 e. The summed E-state index contributed by atoms with van der Waals surface area (Å²) in [5.74, 6) is -11.1. The van der Waals surface area contributed by atoms with Crippen LogP contribution in [-0.2, 0) is 35.4 Å². The van der Waals surface area contributed by atoms with Crippen molar-refractivity contribution in [2.45, 2.75) is 25.4 Å². The molecular weight excluding hydrogens is 750 g/mol. The van der Waals surface area contributed by atoms with Crippen LogP contribution >= 0.6 is 11.3 Å². The summed E-state index contributed by atoms with van der Waals surface area (Å²) in [6.45, 7) is 1.46. The number of hydrogen-bond donors (Lipinski definition) is 1. The van der Waals surface area contributed by atoms with Crippen LogP contribution < -0.4 is 10.1 Å². The van der Waals surface area contributed by atoms with Crippen molar-refractivity contribution in [3.63, 3.8) is 0 Å². The Morgan fingerprint density at radius 1 is 0.815 bits per heavy atom. The number of nitrogens with zero attached hydrogens (tertiary/aromatic N) is 1. The third kappa shape index (κ3) is 8.48. The molecule has 0 aliphatic carbocycles. The normalized spacial score (nSPS) is 11.4. The number of anilines is 1. The summed E-state index contributed by atoms with van der Waals surface area (Å²) >= 11 is 0.925. The number of benzene rings is 3. The van der Waals surface area contributed by atoms with Gasteiger partial charge in [0.1, 0.15) is 18.0 Å². The van der Waals surface area contributed by atoms with E-state index < -0.39 is 88.1 Å². The maximum absolute atomic E-state index is 16.0. The van der Waals surface area contributed by atoms with Gasteiger partial charge < -0.3 is 29.2 Å². The van der Waals surface area contributed by atoms with Gasteiger partial charge in [0.25, 0.3) is 11.8 Å². The first kappa shape index (κ1) is 40.9. The number of thiophene rings is 1. The standard InChI is InChI=1S/C36H30F6N2O9S/c1-5-50-32(47)35(33(48)51-6-2,26-12-9-15-54-26)18-52-34(49)53-29-24(38)17-25(27(28(29)39)31(46)44(3)4)43-30(45)21-11-8-7-10-20(21)19-13-14-22(23(37)16-19)36(40,41)42/h7-17H,5-6,18H2,1-4H3,(H,43,45). The van der Waals surface area contributed by atoms with Crippen LogP contribution in [0.15, 0.2) is 66.0 Å². The molecule has 0 atom stereocenters. The molecule has 0 radical (unpaired) electrons. The summed E-state index contributed by atoms with van der Waals surface area (Å²) in [6.07, 6.45) is -6.81. The third-order valence-corrected chi connectivity index (χ3v) is 8.61. The summed E-state index contributed by atoms with van der Waals surface area (Å²) < 4.78 is 105. The van der Waals surface area contributed by atoms with Crippen molar-refractivity contribution in [2.75, 3.05) is 39.2 Å². The third-order valence-electron chi connectivity index (χ3n) is 7.58. The van der Waals surface area contributed by atoms with E-state index in [0.717, 1.165) is 22.3 Å². The topological polar surface area (TPSA) is 138 Å². The number of amides is 2. The molecule has 1 aromatic heterocycles.